The summed E-state index contributed by atoms with van der Waals surface area (Å²) in [5.74, 6) is 0.578. The largest absolute Gasteiger partial charge is 0.383 e. The van der Waals surface area contributed by atoms with E-state index in [0.29, 0.717) is 5.82 Å². The summed E-state index contributed by atoms with van der Waals surface area (Å²) in [6, 6.07) is 0. The molecule has 4 N–H and O–H groups in total. The number of anilines is 2. The molecule has 86 valence electrons. The number of hydrogen-bond donors (Lipinski definition) is 3. The number of nitrogens with zero attached hydrogens (tertiary/aromatic N) is 2. The van der Waals surface area contributed by atoms with Crippen molar-refractivity contribution in [1.29, 1.82) is 0 Å². The number of hydrogen-bond acceptors (Lipinski definition) is 5. The van der Waals surface area contributed by atoms with Crippen molar-refractivity contribution in [3.05, 3.63) is 6.20 Å². The van der Waals surface area contributed by atoms with Crippen LogP contribution in [0.2, 0.25) is 0 Å². The van der Waals surface area contributed by atoms with Crippen LogP contribution >= 0.6 is 0 Å². The molecule has 0 aromatic carbocycles. The Kier molecular flexibility index (Phi) is 4.92. The minimum absolute atomic E-state index is 0.578. The number of methoxy groups -OCH3 is 1. The van der Waals surface area contributed by atoms with E-state index < -0.39 is 0 Å². The van der Waals surface area contributed by atoms with Gasteiger partial charge in [-0.05, 0) is 7.05 Å². The molecule has 0 saturated carbocycles. The molecule has 0 amide bonds. The average molecular weight is 213 g/mol. The molecule has 0 aliphatic rings. The summed E-state index contributed by atoms with van der Waals surface area (Å²) < 4.78 is 4.99. The van der Waals surface area contributed by atoms with Crippen molar-refractivity contribution in [2.45, 2.75) is 0 Å². The molecule has 1 rings (SSSR count). The van der Waals surface area contributed by atoms with Gasteiger partial charge in [0.25, 0.3) is 0 Å². The smallest absolute Gasteiger partial charge is 0.142 e. The van der Waals surface area contributed by atoms with Crippen LogP contribution in [0.4, 0.5) is 11.5 Å². The Morgan fingerprint density at radius 3 is 3.00 bits per heavy atom. The highest BCUT2D eigenvalue weighted by molar-refractivity contribution is 5.59. The number of ether oxygens (including phenoxy) is 1. The lowest BCUT2D eigenvalue weighted by atomic mass is 10.4. The third-order valence-electron chi connectivity index (χ3n) is 2.15. The molecule has 1 aromatic rings. The van der Waals surface area contributed by atoms with Gasteiger partial charge < -0.3 is 20.7 Å². The highest BCUT2D eigenvalue weighted by Crippen LogP contribution is 2.11. The van der Waals surface area contributed by atoms with Crippen LogP contribution in [0.3, 0.4) is 0 Å². The second-order valence-corrected chi connectivity index (χ2v) is 3.42. The van der Waals surface area contributed by atoms with Gasteiger partial charge in [-0.3, -0.25) is 5.10 Å². The highest BCUT2D eigenvalue weighted by atomic mass is 16.5. The van der Waals surface area contributed by atoms with Gasteiger partial charge in [0.1, 0.15) is 5.82 Å². The summed E-state index contributed by atoms with van der Waals surface area (Å²) in [5, 5.41) is 9.69. The minimum atomic E-state index is 0.578. The number of nitrogen functional groups attached to an aromatic ring is 1. The molecule has 0 bridgehead atoms. The van der Waals surface area contributed by atoms with Gasteiger partial charge in [-0.15, -0.1) is 0 Å². The summed E-state index contributed by atoms with van der Waals surface area (Å²) in [6.45, 7) is 3.46. The van der Waals surface area contributed by atoms with Gasteiger partial charge >= 0.3 is 0 Å². The van der Waals surface area contributed by atoms with Crippen molar-refractivity contribution in [2.24, 2.45) is 0 Å². The van der Waals surface area contributed by atoms with Crippen molar-refractivity contribution < 1.29 is 4.74 Å². The van der Waals surface area contributed by atoms with Crippen LogP contribution in [0.5, 0.6) is 0 Å². The van der Waals surface area contributed by atoms with Gasteiger partial charge in [-0.25, -0.2) is 0 Å². The molecular formula is C9H19N5O. The monoisotopic (exact) mass is 213 g/mol. The lowest BCUT2D eigenvalue weighted by molar-refractivity contribution is 0.163. The normalized spacial score (nSPS) is 10.9. The third-order valence-corrected chi connectivity index (χ3v) is 2.15. The van der Waals surface area contributed by atoms with Crippen molar-refractivity contribution in [1.82, 2.24) is 15.1 Å². The fourth-order valence-electron chi connectivity index (χ4n) is 1.18. The molecule has 6 nitrogen and oxygen atoms in total. The van der Waals surface area contributed by atoms with E-state index in [4.69, 9.17) is 10.5 Å². The van der Waals surface area contributed by atoms with Gasteiger partial charge in [-0.1, -0.05) is 0 Å². The Labute approximate surface area is 89.8 Å². The van der Waals surface area contributed by atoms with E-state index in [1.54, 1.807) is 13.3 Å². The number of nitrogens with one attached hydrogen (secondary N) is 2. The minimum Gasteiger partial charge on any atom is -0.383 e. The van der Waals surface area contributed by atoms with Gasteiger partial charge in [0.05, 0.1) is 18.5 Å². The van der Waals surface area contributed by atoms with Crippen LogP contribution < -0.4 is 11.1 Å². The molecule has 0 aliphatic heterocycles. The van der Waals surface area contributed by atoms with E-state index in [1.165, 1.54) is 0 Å². The first kappa shape index (κ1) is 11.8. The summed E-state index contributed by atoms with van der Waals surface area (Å²) in [5.41, 5.74) is 6.48. The average Bonchev–Trinajstić information content (AvgIpc) is 2.61. The summed E-state index contributed by atoms with van der Waals surface area (Å²) in [6.07, 6.45) is 1.69. The van der Waals surface area contributed by atoms with E-state index in [9.17, 15) is 0 Å². The number of aromatic nitrogens is 2. The van der Waals surface area contributed by atoms with Gasteiger partial charge in [0, 0.05) is 26.7 Å². The molecular weight excluding hydrogens is 194 g/mol. The highest BCUT2D eigenvalue weighted by Gasteiger charge is 2.01. The van der Waals surface area contributed by atoms with E-state index >= 15 is 0 Å². The van der Waals surface area contributed by atoms with Crippen LogP contribution in [0.1, 0.15) is 0 Å². The molecule has 15 heavy (non-hydrogen) atoms. The van der Waals surface area contributed by atoms with E-state index in [0.717, 1.165) is 31.9 Å². The van der Waals surface area contributed by atoms with Crippen LogP contribution in [-0.2, 0) is 4.74 Å². The van der Waals surface area contributed by atoms with Crippen LogP contribution in [0, 0.1) is 0 Å². The zero-order valence-corrected chi connectivity index (χ0v) is 9.29. The Bertz CT molecular complexity index is 275. The lowest BCUT2D eigenvalue weighted by Gasteiger charge is -2.16. The molecule has 0 spiro atoms. The third kappa shape index (κ3) is 4.18. The Morgan fingerprint density at radius 2 is 2.40 bits per heavy atom. The SMILES string of the molecule is COCCN(C)CCNc1cn[nH]c1N. The van der Waals surface area contributed by atoms with E-state index in [-0.39, 0.29) is 0 Å². The number of nitrogens with two attached hydrogens (primary N) is 1. The predicted octanol–water partition coefficient (Wildman–Crippen LogP) is -0.0180. The maximum Gasteiger partial charge on any atom is 0.142 e. The second-order valence-electron chi connectivity index (χ2n) is 3.42. The zero-order valence-electron chi connectivity index (χ0n) is 9.29. The molecule has 0 unspecified atom stereocenters. The molecule has 0 fully saturated rings. The summed E-state index contributed by atoms with van der Waals surface area (Å²) in [7, 11) is 3.76. The number of likely N-dealkylation sites (N-methyl/N-ethyl adjacent to an activating group) is 1. The second kappa shape index (κ2) is 6.26. The van der Waals surface area contributed by atoms with Crippen LogP contribution in [-0.4, -0.2) is 55.5 Å². The standard InChI is InChI=1S/C9H19N5O/c1-14(5-6-15-2)4-3-11-8-7-12-13-9(8)10/h7,11H,3-6H2,1-2H3,(H3,10,12,13). The fourth-order valence-corrected chi connectivity index (χ4v) is 1.18. The maximum atomic E-state index is 5.62. The first-order valence-corrected chi connectivity index (χ1v) is 4.94. The fraction of sp³-hybridized carbons (Fsp3) is 0.667. The molecule has 1 heterocycles. The van der Waals surface area contributed by atoms with Crippen molar-refractivity contribution in [3.63, 3.8) is 0 Å². The Morgan fingerprint density at radius 1 is 1.60 bits per heavy atom. The quantitative estimate of drug-likeness (QED) is 0.593. The van der Waals surface area contributed by atoms with Crippen LogP contribution in [0.15, 0.2) is 6.20 Å². The zero-order chi connectivity index (χ0) is 11.1. The molecule has 6 heteroatoms. The topological polar surface area (TPSA) is 79.2 Å². The van der Waals surface area contributed by atoms with Crippen molar-refractivity contribution in [2.75, 3.05) is 51.4 Å². The lowest BCUT2D eigenvalue weighted by Crippen LogP contribution is -2.28. The first-order chi connectivity index (χ1) is 7.24. The Hall–Kier alpha value is -1.27. The molecule has 1 aromatic heterocycles. The predicted molar refractivity (Wildman–Crippen MR) is 60.9 cm³/mol. The van der Waals surface area contributed by atoms with E-state index in [2.05, 4.69) is 27.5 Å². The molecule has 0 aliphatic carbocycles. The summed E-state index contributed by atoms with van der Waals surface area (Å²) in [4.78, 5) is 2.19. The van der Waals surface area contributed by atoms with Gasteiger partial charge in [0.15, 0.2) is 0 Å². The van der Waals surface area contributed by atoms with Crippen molar-refractivity contribution in [3.8, 4) is 0 Å². The molecule has 0 saturated heterocycles. The number of aromatic amines is 1. The van der Waals surface area contributed by atoms with E-state index in [1.807, 2.05) is 0 Å². The number of rotatable bonds is 7. The maximum absolute atomic E-state index is 5.62. The van der Waals surface area contributed by atoms with Crippen LogP contribution in [0.25, 0.3) is 0 Å². The molecule has 0 radical (unpaired) electrons. The van der Waals surface area contributed by atoms with Gasteiger partial charge in [-0.2, -0.15) is 5.10 Å². The summed E-state index contributed by atoms with van der Waals surface area (Å²) >= 11 is 0. The van der Waals surface area contributed by atoms with Crippen molar-refractivity contribution >= 4 is 11.5 Å². The van der Waals surface area contributed by atoms with Gasteiger partial charge in [0.2, 0.25) is 0 Å². The number of H-pyrrole nitrogens is 1. The first-order valence-electron chi connectivity index (χ1n) is 4.94. The molecule has 0 atom stereocenters. The Balaban J connectivity index is 2.13.